The van der Waals surface area contributed by atoms with Crippen molar-refractivity contribution in [1.29, 1.82) is 0 Å². The van der Waals surface area contributed by atoms with Crippen molar-refractivity contribution in [1.82, 2.24) is 9.71 Å². The zero-order chi connectivity index (χ0) is 16.4. The Balaban J connectivity index is 2.42. The molecule has 0 aliphatic rings. The lowest BCUT2D eigenvalue weighted by atomic mass is 9.97. The van der Waals surface area contributed by atoms with Crippen molar-refractivity contribution in [2.75, 3.05) is 7.11 Å². The fourth-order valence-electron chi connectivity index (χ4n) is 2.21. The van der Waals surface area contributed by atoms with Gasteiger partial charge in [-0.15, -0.1) is 0 Å². The minimum Gasteiger partial charge on any atom is -0.495 e. The molecule has 0 radical (unpaired) electrons. The maximum Gasteiger partial charge on any atom is 0.245 e. The molecule has 0 bridgehead atoms. The van der Waals surface area contributed by atoms with Crippen LogP contribution in [0.25, 0.3) is 0 Å². The van der Waals surface area contributed by atoms with E-state index in [1.807, 2.05) is 26.8 Å². The number of aryl methyl sites for hydroxylation is 1. The van der Waals surface area contributed by atoms with E-state index in [2.05, 4.69) is 9.71 Å². The van der Waals surface area contributed by atoms with Crippen LogP contribution in [0.1, 0.15) is 25.0 Å². The summed E-state index contributed by atoms with van der Waals surface area (Å²) < 4.78 is 33.4. The van der Waals surface area contributed by atoms with E-state index < -0.39 is 15.6 Å². The molecular weight excluding hydrogens is 300 g/mol. The minimum absolute atomic E-state index is 0.136. The Hall–Kier alpha value is -1.92. The third-order valence-corrected chi connectivity index (χ3v) is 5.08. The summed E-state index contributed by atoms with van der Waals surface area (Å²) in [6.07, 6.45) is 3.28. The predicted octanol–water partition coefficient (Wildman–Crippen LogP) is 2.61. The highest BCUT2D eigenvalue weighted by Gasteiger charge is 2.29. The van der Waals surface area contributed by atoms with Crippen LogP contribution in [0.3, 0.4) is 0 Å². The molecule has 2 rings (SSSR count). The van der Waals surface area contributed by atoms with Crippen LogP contribution in [0.4, 0.5) is 0 Å². The second-order valence-electron chi connectivity index (χ2n) is 5.62. The van der Waals surface area contributed by atoms with Gasteiger partial charge in [-0.05, 0) is 56.2 Å². The van der Waals surface area contributed by atoms with Crippen LogP contribution >= 0.6 is 0 Å². The SMILES string of the molecule is COc1ccc(C)cc1S(=O)(=O)NC(C)(C)c1ccncc1. The van der Waals surface area contributed by atoms with Gasteiger partial charge in [-0.2, -0.15) is 0 Å². The van der Waals surface area contributed by atoms with Gasteiger partial charge in [-0.1, -0.05) is 6.07 Å². The summed E-state index contributed by atoms with van der Waals surface area (Å²) in [5.41, 5.74) is 0.914. The van der Waals surface area contributed by atoms with E-state index in [9.17, 15) is 8.42 Å². The topological polar surface area (TPSA) is 68.3 Å². The van der Waals surface area contributed by atoms with Crippen molar-refractivity contribution in [2.45, 2.75) is 31.2 Å². The number of hydrogen-bond acceptors (Lipinski definition) is 4. The third-order valence-electron chi connectivity index (χ3n) is 3.40. The molecule has 6 heteroatoms. The summed E-state index contributed by atoms with van der Waals surface area (Å²) in [4.78, 5) is 4.09. The highest BCUT2D eigenvalue weighted by atomic mass is 32.2. The predicted molar refractivity (Wildman–Crippen MR) is 85.3 cm³/mol. The second-order valence-corrected chi connectivity index (χ2v) is 7.27. The number of sulfonamides is 1. The Morgan fingerprint density at radius 3 is 2.36 bits per heavy atom. The van der Waals surface area contributed by atoms with Gasteiger partial charge in [-0.3, -0.25) is 4.98 Å². The molecule has 1 heterocycles. The molecule has 0 saturated heterocycles. The summed E-state index contributed by atoms with van der Waals surface area (Å²) in [7, 11) is -2.27. The fourth-order valence-corrected chi connectivity index (χ4v) is 3.87. The molecular formula is C16H20N2O3S. The van der Waals surface area contributed by atoms with Gasteiger partial charge in [0.25, 0.3) is 0 Å². The smallest absolute Gasteiger partial charge is 0.245 e. The number of benzene rings is 1. The van der Waals surface area contributed by atoms with Gasteiger partial charge in [0.2, 0.25) is 10.0 Å². The number of rotatable bonds is 5. The van der Waals surface area contributed by atoms with Gasteiger partial charge in [0.1, 0.15) is 10.6 Å². The van der Waals surface area contributed by atoms with Crippen molar-refractivity contribution in [2.24, 2.45) is 0 Å². The number of hydrogen-bond donors (Lipinski definition) is 1. The van der Waals surface area contributed by atoms with Crippen LogP contribution in [0.5, 0.6) is 5.75 Å². The van der Waals surface area contributed by atoms with Crippen LogP contribution in [0, 0.1) is 6.92 Å². The molecule has 0 saturated carbocycles. The lowest BCUT2D eigenvalue weighted by Gasteiger charge is -2.27. The van der Waals surface area contributed by atoms with Gasteiger partial charge < -0.3 is 4.74 Å². The van der Waals surface area contributed by atoms with Gasteiger partial charge in [0.05, 0.1) is 12.6 Å². The van der Waals surface area contributed by atoms with E-state index in [0.29, 0.717) is 5.75 Å². The highest BCUT2D eigenvalue weighted by molar-refractivity contribution is 7.89. The Morgan fingerprint density at radius 1 is 1.14 bits per heavy atom. The second kappa shape index (κ2) is 6.06. The molecule has 0 fully saturated rings. The van der Waals surface area contributed by atoms with E-state index >= 15 is 0 Å². The van der Waals surface area contributed by atoms with Crippen LogP contribution in [0.2, 0.25) is 0 Å². The van der Waals surface area contributed by atoms with E-state index in [0.717, 1.165) is 11.1 Å². The normalized spacial score (nSPS) is 12.2. The molecule has 2 aromatic rings. The first-order valence-electron chi connectivity index (χ1n) is 6.85. The Labute approximate surface area is 131 Å². The Kier molecular flexibility index (Phi) is 4.53. The standard InChI is InChI=1S/C16H20N2O3S/c1-12-5-6-14(21-4)15(11-12)22(19,20)18-16(2,3)13-7-9-17-10-8-13/h5-11,18H,1-4H3. The van der Waals surface area contributed by atoms with Crippen molar-refractivity contribution in [3.8, 4) is 5.75 Å². The first-order chi connectivity index (χ1) is 10.3. The fraction of sp³-hybridized carbons (Fsp3) is 0.312. The molecule has 1 aromatic heterocycles. The number of methoxy groups -OCH3 is 1. The third kappa shape index (κ3) is 3.45. The maximum absolute atomic E-state index is 12.7. The summed E-state index contributed by atoms with van der Waals surface area (Å²) in [5, 5.41) is 0. The molecule has 0 unspecified atom stereocenters. The monoisotopic (exact) mass is 320 g/mol. The molecule has 0 amide bonds. The van der Waals surface area contributed by atoms with Gasteiger partial charge in [0.15, 0.2) is 0 Å². The molecule has 1 aromatic carbocycles. The average Bonchev–Trinajstić information content (AvgIpc) is 2.47. The zero-order valence-electron chi connectivity index (χ0n) is 13.1. The van der Waals surface area contributed by atoms with E-state index in [-0.39, 0.29) is 4.90 Å². The van der Waals surface area contributed by atoms with E-state index in [4.69, 9.17) is 4.74 Å². The first-order valence-corrected chi connectivity index (χ1v) is 8.34. The van der Waals surface area contributed by atoms with Crippen molar-refractivity contribution < 1.29 is 13.2 Å². The molecule has 1 N–H and O–H groups in total. The molecule has 0 atom stereocenters. The van der Waals surface area contributed by atoms with Crippen LogP contribution in [-0.4, -0.2) is 20.5 Å². The number of aromatic nitrogens is 1. The Bertz CT molecular complexity index is 756. The maximum atomic E-state index is 12.7. The largest absolute Gasteiger partial charge is 0.495 e. The van der Waals surface area contributed by atoms with Gasteiger partial charge >= 0.3 is 0 Å². The van der Waals surface area contributed by atoms with E-state index in [1.54, 1.807) is 36.7 Å². The highest BCUT2D eigenvalue weighted by Crippen LogP contribution is 2.28. The summed E-state index contributed by atoms with van der Waals surface area (Å²) >= 11 is 0. The lowest BCUT2D eigenvalue weighted by Crippen LogP contribution is -2.41. The summed E-state index contributed by atoms with van der Waals surface area (Å²) in [6, 6.07) is 8.64. The molecule has 118 valence electrons. The van der Waals surface area contributed by atoms with Crippen molar-refractivity contribution >= 4 is 10.0 Å². The minimum atomic E-state index is -3.73. The molecule has 0 aliphatic carbocycles. The zero-order valence-corrected chi connectivity index (χ0v) is 13.9. The first kappa shape index (κ1) is 16.5. The average molecular weight is 320 g/mol. The number of nitrogens with zero attached hydrogens (tertiary/aromatic N) is 1. The number of nitrogens with one attached hydrogen (secondary N) is 1. The molecule has 5 nitrogen and oxygen atoms in total. The molecule has 0 spiro atoms. The lowest BCUT2D eigenvalue weighted by molar-refractivity contribution is 0.400. The quantitative estimate of drug-likeness (QED) is 0.919. The van der Waals surface area contributed by atoms with Gasteiger partial charge in [-0.25, -0.2) is 13.1 Å². The van der Waals surface area contributed by atoms with Crippen molar-refractivity contribution in [3.05, 3.63) is 53.9 Å². The Morgan fingerprint density at radius 2 is 1.77 bits per heavy atom. The number of pyridine rings is 1. The van der Waals surface area contributed by atoms with Crippen LogP contribution < -0.4 is 9.46 Å². The summed E-state index contributed by atoms with van der Waals surface area (Å²) in [6.45, 7) is 5.46. The number of ether oxygens (including phenoxy) is 1. The van der Waals surface area contributed by atoms with Gasteiger partial charge in [0, 0.05) is 12.4 Å². The van der Waals surface area contributed by atoms with E-state index in [1.165, 1.54) is 7.11 Å². The van der Waals surface area contributed by atoms with Crippen LogP contribution in [-0.2, 0) is 15.6 Å². The van der Waals surface area contributed by atoms with Crippen molar-refractivity contribution in [3.63, 3.8) is 0 Å². The summed E-state index contributed by atoms with van der Waals surface area (Å²) in [5.74, 6) is 0.323. The molecule has 22 heavy (non-hydrogen) atoms. The molecule has 0 aliphatic heterocycles. The van der Waals surface area contributed by atoms with Crippen LogP contribution in [0.15, 0.2) is 47.6 Å².